The number of methoxy groups -OCH3 is 1. The van der Waals surface area contributed by atoms with Crippen molar-refractivity contribution in [2.75, 3.05) is 56.7 Å². The molecular formula is C28H31N3O5. The van der Waals surface area contributed by atoms with Crippen molar-refractivity contribution in [3.63, 3.8) is 0 Å². The maximum Gasteiger partial charge on any atom is 0.250 e. The summed E-state index contributed by atoms with van der Waals surface area (Å²) in [5.74, 6) is 1.09. The number of ether oxygens (including phenoxy) is 3. The third-order valence-corrected chi connectivity index (χ3v) is 5.90. The monoisotopic (exact) mass is 489 g/mol. The molecule has 8 nitrogen and oxygen atoms in total. The number of benzene rings is 3. The Balaban J connectivity index is 1.14. The van der Waals surface area contributed by atoms with Crippen molar-refractivity contribution in [3.05, 3.63) is 84.4 Å². The van der Waals surface area contributed by atoms with E-state index < -0.39 is 0 Å². The minimum absolute atomic E-state index is 0.123. The van der Waals surface area contributed by atoms with Gasteiger partial charge in [0.25, 0.3) is 0 Å². The SMILES string of the molecule is COc1ccccc1N1CCN(C(=O)COCC(=O)Nc2ccc(OCc3ccccc3)cc2)CC1. The highest BCUT2D eigenvalue weighted by atomic mass is 16.5. The fraction of sp³-hybridized carbons (Fsp3) is 0.286. The van der Waals surface area contributed by atoms with Crippen LogP contribution < -0.4 is 19.7 Å². The van der Waals surface area contributed by atoms with E-state index in [9.17, 15) is 9.59 Å². The summed E-state index contributed by atoms with van der Waals surface area (Å²) in [6, 6.07) is 24.9. The lowest BCUT2D eigenvalue weighted by Crippen LogP contribution is -2.50. The molecule has 3 aromatic carbocycles. The van der Waals surface area contributed by atoms with Crippen LogP contribution in [-0.2, 0) is 20.9 Å². The molecule has 1 heterocycles. The highest BCUT2D eigenvalue weighted by molar-refractivity contribution is 5.92. The standard InChI is InChI=1S/C28H31N3O5/c1-34-26-10-6-5-9-25(26)30-15-17-31(18-16-30)28(33)21-35-20-27(32)29-23-11-13-24(14-12-23)36-19-22-7-3-2-4-8-22/h2-14H,15-21H2,1H3,(H,29,32). The van der Waals surface area contributed by atoms with Crippen LogP contribution in [0.4, 0.5) is 11.4 Å². The predicted octanol–water partition coefficient (Wildman–Crippen LogP) is 3.58. The third-order valence-electron chi connectivity index (χ3n) is 5.90. The van der Waals surface area contributed by atoms with Gasteiger partial charge in [0.15, 0.2) is 0 Å². The van der Waals surface area contributed by atoms with Gasteiger partial charge in [0.1, 0.15) is 31.3 Å². The lowest BCUT2D eigenvalue weighted by atomic mass is 10.2. The molecule has 0 radical (unpaired) electrons. The molecule has 0 saturated carbocycles. The summed E-state index contributed by atoms with van der Waals surface area (Å²) in [6.07, 6.45) is 0. The average Bonchev–Trinajstić information content (AvgIpc) is 2.93. The van der Waals surface area contributed by atoms with Crippen LogP contribution in [0, 0.1) is 0 Å². The van der Waals surface area contributed by atoms with Gasteiger partial charge < -0.3 is 29.3 Å². The summed E-state index contributed by atoms with van der Waals surface area (Å²) in [7, 11) is 1.66. The number of carbonyl (C=O) groups excluding carboxylic acids is 2. The molecule has 8 heteroatoms. The summed E-state index contributed by atoms with van der Waals surface area (Å²) >= 11 is 0. The molecule has 1 N–H and O–H groups in total. The second kappa shape index (κ2) is 12.6. The maximum atomic E-state index is 12.5. The molecule has 0 aromatic heterocycles. The van der Waals surface area contributed by atoms with E-state index in [1.807, 2.05) is 54.6 Å². The van der Waals surface area contributed by atoms with Crippen LogP contribution in [0.2, 0.25) is 0 Å². The molecule has 4 rings (SSSR count). The molecule has 0 aliphatic carbocycles. The van der Waals surface area contributed by atoms with E-state index in [1.165, 1.54) is 0 Å². The molecule has 1 saturated heterocycles. The van der Waals surface area contributed by atoms with E-state index in [-0.39, 0.29) is 25.0 Å². The first kappa shape index (κ1) is 25.1. The first-order chi connectivity index (χ1) is 17.6. The van der Waals surface area contributed by atoms with Crippen LogP contribution in [0.5, 0.6) is 11.5 Å². The zero-order valence-corrected chi connectivity index (χ0v) is 20.4. The quantitative estimate of drug-likeness (QED) is 0.469. The smallest absolute Gasteiger partial charge is 0.250 e. The van der Waals surface area contributed by atoms with Crippen molar-refractivity contribution in [1.29, 1.82) is 0 Å². The largest absolute Gasteiger partial charge is 0.495 e. The molecule has 3 aromatic rings. The minimum atomic E-state index is -0.318. The Morgan fingerprint density at radius 1 is 0.833 bits per heavy atom. The fourth-order valence-electron chi connectivity index (χ4n) is 3.98. The van der Waals surface area contributed by atoms with Crippen LogP contribution >= 0.6 is 0 Å². The molecule has 0 bridgehead atoms. The maximum absolute atomic E-state index is 12.5. The first-order valence-electron chi connectivity index (χ1n) is 11.9. The Hall–Kier alpha value is -4.04. The first-order valence-corrected chi connectivity index (χ1v) is 11.9. The second-order valence-corrected chi connectivity index (χ2v) is 8.38. The lowest BCUT2D eigenvalue weighted by Gasteiger charge is -2.36. The number of hydrogen-bond donors (Lipinski definition) is 1. The van der Waals surface area contributed by atoms with Crippen molar-refractivity contribution < 1.29 is 23.8 Å². The molecule has 1 fully saturated rings. The summed E-state index contributed by atoms with van der Waals surface area (Å²) in [5.41, 5.74) is 2.74. The zero-order valence-electron chi connectivity index (χ0n) is 20.4. The molecule has 0 spiro atoms. The molecule has 2 amide bonds. The van der Waals surface area contributed by atoms with Gasteiger partial charge in [-0.25, -0.2) is 0 Å². The number of amides is 2. The Bertz CT molecular complexity index is 1130. The number of carbonyl (C=O) groups is 2. The van der Waals surface area contributed by atoms with Crippen molar-refractivity contribution in [2.45, 2.75) is 6.61 Å². The molecule has 0 atom stereocenters. The number of rotatable bonds is 10. The Kier molecular flexibility index (Phi) is 8.77. The topological polar surface area (TPSA) is 80.3 Å². The Morgan fingerprint density at radius 2 is 1.53 bits per heavy atom. The van der Waals surface area contributed by atoms with Gasteiger partial charge in [-0.15, -0.1) is 0 Å². The van der Waals surface area contributed by atoms with Gasteiger partial charge in [0, 0.05) is 31.9 Å². The van der Waals surface area contributed by atoms with E-state index in [0.29, 0.717) is 44.2 Å². The summed E-state index contributed by atoms with van der Waals surface area (Å²) in [6.45, 7) is 2.74. The molecule has 1 aliphatic rings. The Labute approximate surface area is 211 Å². The van der Waals surface area contributed by atoms with Crippen LogP contribution in [0.1, 0.15) is 5.56 Å². The normalized spacial score (nSPS) is 13.2. The van der Waals surface area contributed by atoms with Gasteiger partial charge in [-0.3, -0.25) is 9.59 Å². The van der Waals surface area contributed by atoms with E-state index in [0.717, 1.165) is 17.0 Å². The second-order valence-electron chi connectivity index (χ2n) is 8.38. The molecule has 36 heavy (non-hydrogen) atoms. The number of nitrogens with zero attached hydrogens (tertiary/aromatic N) is 2. The Morgan fingerprint density at radius 3 is 2.25 bits per heavy atom. The summed E-state index contributed by atoms with van der Waals surface area (Å²) in [5, 5.41) is 2.77. The number of anilines is 2. The van der Waals surface area contributed by atoms with Crippen molar-refractivity contribution >= 4 is 23.2 Å². The van der Waals surface area contributed by atoms with Gasteiger partial charge in [0.2, 0.25) is 11.8 Å². The summed E-state index contributed by atoms with van der Waals surface area (Å²) in [4.78, 5) is 28.7. The average molecular weight is 490 g/mol. The molecule has 0 unspecified atom stereocenters. The number of hydrogen-bond acceptors (Lipinski definition) is 6. The number of piperazine rings is 1. The van der Waals surface area contributed by atoms with E-state index in [4.69, 9.17) is 14.2 Å². The van der Waals surface area contributed by atoms with Crippen molar-refractivity contribution in [2.24, 2.45) is 0 Å². The van der Waals surface area contributed by atoms with Gasteiger partial charge in [-0.1, -0.05) is 42.5 Å². The molecular weight excluding hydrogens is 458 g/mol. The lowest BCUT2D eigenvalue weighted by molar-refractivity contribution is -0.137. The van der Waals surface area contributed by atoms with Gasteiger partial charge in [-0.05, 0) is 42.0 Å². The van der Waals surface area contributed by atoms with Gasteiger partial charge in [0.05, 0.1) is 12.8 Å². The zero-order chi connectivity index (χ0) is 25.2. The fourth-order valence-corrected chi connectivity index (χ4v) is 3.98. The molecule has 188 valence electrons. The number of para-hydroxylation sites is 2. The highest BCUT2D eigenvalue weighted by Crippen LogP contribution is 2.28. The predicted molar refractivity (Wildman–Crippen MR) is 138 cm³/mol. The van der Waals surface area contributed by atoms with Gasteiger partial charge >= 0.3 is 0 Å². The van der Waals surface area contributed by atoms with E-state index >= 15 is 0 Å². The highest BCUT2D eigenvalue weighted by Gasteiger charge is 2.23. The van der Waals surface area contributed by atoms with Crippen LogP contribution in [0.25, 0.3) is 0 Å². The minimum Gasteiger partial charge on any atom is -0.495 e. The van der Waals surface area contributed by atoms with Crippen molar-refractivity contribution in [3.8, 4) is 11.5 Å². The number of nitrogens with one attached hydrogen (secondary N) is 1. The third kappa shape index (κ3) is 6.99. The van der Waals surface area contributed by atoms with Crippen molar-refractivity contribution in [1.82, 2.24) is 4.90 Å². The van der Waals surface area contributed by atoms with E-state index in [2.05, 4.69) is 10.2 Å². The molecule has 1 aliphatic heterocycles. The van der Waals surface area contributed by atoms with Crippen LogP contribution in [0.3, 0.4) is 0 Å². The van der Waals surface area contributed by atoms with Crippen LogP contribution in [-0.4, -0.2) is 63.2 Å². The van der Waals surface area contributed by atoms with Gasteiger partial charge in [-0.2, -0.15) is 0 Å². The van der Waals surface area contributed by atoms with E-state index in [1.54, 1.807) is 36.3 Å². The van der Waals surface area contributed by atoms with Crippen LogP contribution in [0.15, 0.2) is 78.9 Å². The summed E-state index contributed by atoms with van der Waals surface area (Å²) < 4.78 is 16.6.